The van der Waals surface area contributed by atoms with E-state index in [1.807, 2.05) is 0 Å². The summed E-state index contributed by atoms with van der Waals surface area (Å²) in [5.41, 5.74) is 0. The van der Waals surface area contributed by atoms with Crippen LogP contribution in [0.1, 0.15) is 26.2 Å². The summed E-state index contributed by atoms with van der Waals surface area (Å²) in [4.78, 5) is 0. The molecule has 0 nitrogen and oxygen atoms in total. The van der Waals surface area contributed by atoms with Gasteiger partial charge in [0.2, 0.25) is 0 Å². The molecule has 1 aliphatic heterocycles. The molecule has 1 fully saturated rings. The van der Waals surface area contributed by atoms with E-state index >= 15 is 0 Å². The molecule has 0 aromatic rings. The van der Waals surface area contributed by atoms with Gasteiger partial charge in [-0.15, -0.1) is 0 Å². The van der Waals surface area contributed by atoms with Crippen molar-refractivity contribution in [3.8, 4) is 0 Å². The van der Waals surface area contributed by atoms with Crippen LogP contribution in [0.5, 0.6) is 0 Å². The van der Waals surface area contributed by atoms with Gasteiger partial charge in [0, 0.05) is 0 Å². The zero-order valence-electron chi connectivity index (χ0n) is 7.61. The third kappa shape index (κ3) is 2.30. The summed E-state index contributed by atoms with van der Waals surface area (Å²) in [5, 5.41) is 3.27. The second-order valence-electron chi connectivity index (χ2n) is 4.52. The van der Waals surface area contributed by atoms with Crippen LogP contribution < -0.4 is 0 Å². The molecule has 1 aliphatic rings. The molecule has 1 heterocycles. The Kier molecular flexibility index (Phi) is 2.84. The Labute approximate surface area is 67.8 Å². The summed E-state index contributed by atoms with van der Waals surface area (Å²) < 4.78 is 0. The molecule has 0 saturated carbocycles. The van der Waals surface area contributed by atoms with Crippen LogP contribution in [0.4, 0.5) is 0 Å². The van der Waals surface area contributed by atoms with E-state index in [1.165, 1.54) is 6.42 Å². The molecule has 0 spiro atoms. The molecule has 60 valence electrons. The van der Waals surface area contributed by atoms with Crippen molar-refractivity contribution < 1.29 is 0 Å². The Balaban J connectivity index is 2.31. The van der Waals surface area contributed by atoms with E-state index in [0.29, 0.717) is 0 Å². The first-order valence-corrected chi connectivity index (χ1v) is 11.8. The predicted molar refractivity (Wildman–Crippen MR) is 50.1 cm³/mol. The summed E-state index contributed by atoms with van der Waals surface area (Å²) >= 11 is -1.11. The van der Waals surface area contributed by atoms with Crippen LogP contribution in [0.15, 0.2) is 0 Å². The van der Waals surface area contributed by atoms with E-state index in [1.54, 1.807) is 23.3 Å². The molecule has 0 atom stereocenters. The molecule has 0 radical (unpaired) electrons. The van der Waals surface area contributed by atoms with E-state index in [0.717, 1.165) is 5.92 Å². The fourth-order valence-corrected chi connectivity index (χ4v) is 7.38. The van der Waals surface area contributed by atoms with E-state index in [4.69, 9.17) is 0 Å². The first-order chi connectivity index (χ1) is 4.64. The molecular formula is C9H20Ge. The SMILES string of the molecule is CCC1C[CH2][Ge]([CH3])([CH3])[CH2]C1. The van der Waals surface area contributed by atoms with Gasteiger partial charge < -0.3 is 0 Å². The molecule has 0 N–H and O–H groups in total. The van der Waals surface area contributed by atoms with E-state index in [9.17, 15) is 0 Å². The van der Waals surface area contributed by atoms with E-state index in [2.05, 4.69) is 18.4 Å². The molecule has 10 heavy (non-hydrogen) atoms. The van der Waals surface area contributed by atoms with Gasteiger partial charge in [-0.25, -0.2) is 0 Å². The van der Waals surface area contributed by atoms with Crippen LogP contribution in [0.2, 0.25) is 22.0 Å². The maximum absolute atomic E-state index is 2.59. The topological polar surface area (TPSA) is 0 Å². The van der Waals surface area contributed by atoms with Crippen molar-refractivity contribution in [1.82, 2.24) is 0 Å². The standard InChI is InChI=1S/C9H20Ge/c1-4-9-5-7-10(2,3)8-6-9/h9H,4-8H2,1-3H3. The Hall–Kier alpha value is 0.543. The molecule has 0 bridgehead atoms. The zero-order valence-corrected chi connectivity index (χ0v) is 9.71. The summed E-state index contributed by atoms with van der Waals surface area (Å²) in [6.45, 7) is 2.34. The second-order valence-corrected chi connectivity index (χ2v) is 15.7. The zero-order chi connectivity index (χ0) is 7.61. The van der Waals surface area contributed by atoms with Crippen molar-refractivity contribution in [3.63, 3.8) is 0 Å². The Morgan fingerprint density at radius 1 is 1.20 bits per heavy atom. The minimum atomic E-state index is -1.11. The number of rotatable bonds is 1. The summed E-state index contributed by atoms with van der Waals surface area (Å²) in [6.07, 6.45) is 4.55. The first kappa shape index (κ1) is 8.64. The third-order valence-corrected chi connectivity index (χ3v) is 9.93. The monoisotopic (exact) mass is 202 g/mol. The van der Waals surface area contributed by atoms with Crippen molar-refractivity contribution in [2.75, 3.05) is 0 Å². The van der Waals surface area contributed by atoms with E-state index in [-0.39, 0.29) is 0 Å². The first-order valence-electron chi connectivity index (χ1n) is 4.64. The van der Waals surface area contributed by atoms with Crippen molar-refractivity contribution in [3.05, 3.63) is 0 Å². The van der Waals surface area contributed by atoms with E-state index < -0.39 is 13.3 Å². The Bertz CT molecular complexity index is 97.3. The summed E-state index contributed by atoms with van der Waals surface area (Å²) in [7, 11) is 0. The van der Waals surface area contributed by atoms with Crippen LogP contribution in [0.25, 0.3) is 0 Å². The van der Waals surface area contributed by atoms with Crippen LogP contribution in [0.3, 0.4) is 0 Å². The van der Waals surface area contributed by atoms with Crippen molar-refractivity contribution >= 4 is 13.3 Å². The Morgan fingerprint density at radius 2 is 1.70 bits per heavy atom. The van der Waals surface area contributed by atoms with Gasteiger partial charge in [0.05, 0.1) is 0 Å². The van der Waals surface area contributed by atoms with Gasteiger partial charge >= 0.3 is 67.4 Å². The predicted octanol–water partition coefficient (Wildman–Crippen LogP) is 3.51. The van der Waals surface area contributed by atoms with Gasteiger partial charge in [-0.3, -0.25) is 0 Å². The van der Waals surface area contributed by atoms with Crippen molar-refractivity contribution in [1.29, 1.82) is 0 Å². The maximum atomic E-state index is 2.59. The van der Waals surface area contributed by atoms with Crippen LogP contribution >= 0.6 is 0 Å². The van der Waals surface area contributed by atoms with Gasteiger partial charge in [-0.05, 0) is 0 Å². The van der Waals surface area contributed by atoms with Crippen LogP contribution in [-0.2, 0) is 0 Å². The minimum absolute atomic E-state index is 1.10. The van der Waals surface area contributed by atoms with Gasteiger partial charge in [0.25, 0.3) is 0 Å². The molecular weight excluding hydrogens is 181 g/mol. The fourth-order valence-electron chi connectivity index (χ4n) is 1.87. The molecule has 0 aromatic carbocycles. The quantitative estimate of drug-likeness (QED) is 0.569. The normalized spacial score (nSPS) is 26.7. The van der Waals surface area contributed by atoms with Gasteiger partial charge in [-0.2, -0.15) is 0 Å². The summed E-state index contributed by atoms with van der Waals surface area (Å²) in [6, 6.07) is 0. The molecule has 0 aromatic heterocycles. The molecule has 1 heteroatoms. The van der Waals surface area contributed by atoms with Gasteiger partial charge in [0.15, 0.2) is 0 Å². The fraction of sp³-hybridized carbons (Fsp3) is 1.00. The van der Waals surface area contributed by atoms with Gasteiger partial charge in [-0.1, -0.05) is 0 Å². The Morgan fingerprint density at radius 3 is 2.10 bits per heavy atom. The van der Waals surface area contributed by atoms with Crippen molar-refractivity contribution in [2.45, 2.75) is 48.2 Å². The molecule has 1 rings (SSSR count). The number of hydrogen-bond acceptors (Lipinski definition) is 0. The van der Waals surface area contributed by atoms with Crippen LogP contribution in [-0.4, -0.2) is 13.3 Å². The van der Waals surface area contributed by atoms with Crippen molar-refractivity contribution in [2.24, 2.45) is 5.92 Å². The molecule has 0 aliphatic carbocycles. The molecule has 0 amide bonds. The number of hydrogen-bond donors (Lipinski definition) is 0. The van der Waals surface area contributed by atoms with Crippen LogP contribution in [0, 0.1) is 5.92 Å². The summed E-state index contributed by atoms with van der Waals surface area (Å²) in [5.74, 6) is 6.27. The molecule has 0 unspecified atom stereocenters. The third-order valence-electron chi connectivity index (χ3n) is 3.04. The second kappa shape index (κ2) is 3.29. The van der Waals surface area contributed by atoms with Gasteiger partial charge in [0.1, 0.15) is 0 Å². The average Bonchev–Trinajstić information content (AvgIpc) is 1.88. The molecule has 1 saturated heterocycles. The average molecular weight is 201 g/mol.